The number of carboxylic acids is 1. The number of hydrogen-bond acceptors (Lipinski definition) is 5. The molecular formula is C17H21NO4S2. The first-order valence-electron chi connectivity index (χ1n) is 8.05. The van der Waals surface area contributed by atoms with Crippen LogP contribution in [0.25, 0.3) is 0 Å². The summed E-state index contributed by atoms with van der Waals surface area (Å²) in [7, 11) is 0. The molecule has 1 saturated carbocycles. The molecule has 3 rings (SSSR count). The molecule has 1 heterocycles. The van der Waals surface area contributed by atoms with Gasteiger partial charge in [-0.25, -0.2) is 0 Å². The summed E-state index contributed by atoms with van der Waals surface area (Å²) in [5, 5.41) is 11.7. The van der Waals surface area contributed by atoms with Gasteiger partial charge in [-0.3, -0.25) is 9.59 Å². The van der Waals surface area contributed by atoms with Crippen LogP contribution in [-0.2, 0) is 9.59 Å². The molecule has 2 aliphatic rings. The van der Waals surface area contributed by atoms with Gasteiger partial charge in [0.15, 0.2) is 6.61 Å². The first kappa shape index (κ1) is 17.5. The number of rotatable bonds is 7. The van der Waals surface area contributed by atoms with E-state index in [0.29, 0.717) is 23.2 Å². The number of thioether (sulfide) groups is 2. The lowest BCUT2D eigenvalue weighted by molar-refractivity contribution is -0.143. The summed E-state index contributed by atoms with van der Waals surface area (Å²) in [5.41, 5.74) is 0.533. The van der Waals surface area contributed by atoms with E-state index in [1.807, 2.05) is 47.8 Å². The molecule has 1 aliphatic carbocycles. The molecule has 0 unspecified atom stereocenters. The van der Waals surface area contributed by atoms with Gasteiger partial charge in [-0.05, 0) is 48.5 Å². The van der Waals surface area contributed by atoms with Crippen LogP contribution in [0.15, 0.2) is 24.3 Å². The summed E-state index contributed by atoms with van der Waals surface area (Å²) in [5.74, 6) is 1.93. The molecule has 130 valence electrons. The van der Waals surface area contributed by atoms with E-state index in [0.717, 1.165) is 0 Å². The van der Waals surface area contributed by atoms with Crippen molar-refractivity contribution in [2.24, 2.45) is 5.41 Å². The van der Waals surface area contributed by atoms with Crippen molar-refractivity contribution < 1.29 is 19.4 Å². The average molecular weight is 367 g/mol. The van der Waals surface area contributed by atoms with Crippen molar-refractivity contribution in [1.82, 2.24) is 5.32 Å². The lowest BCUT2D eigenvalue weighted by Gasteiger charge is -2.21. The van der Waals surface area contributed by atoms with Crippen molar-refractivity contribution in [3.63, 3.8) is 0 Å². The lowest BCUT2D eigenvalue weighted by atomic mass is 10.1. The van der Waals surface area contributed by atoms with Crippen molar-refractivity contribution >= 4 is 35.4 Å². The monoisotopic (exact) mass is 367 g/mol. The Morgan fingerprint density at radius 1 is 1.21 bits per heavy atom. The third-order valence-corrected chi connectivity index (χ3v) is 7.30. The predicted molar refractivity (Wildman–Crippen MR) is 96.5 cm³/mol. The van der Waals surface area contributed by atoms with Crippen LogP contribution >= 0.6 is 23.5 Å². The Kier molecular flexibility index (Phi) is 5.61. The number of ether oxygens (including phenoxy) is 1. The molecule has 0 spiro atoms. The van der Waals surface area contributed by atoms with Crippen LogP contribution in [-0.4, -0.2) is 41.6 Å². The Bertz CT molecular complexity index is 595. The number of nitrogens with one attached hydrogen (secondary N) is 1. The topological polar surface area (TPSA) is 75.6 Å². The van der Waals surface area contributed by atoms with Gasteiger partial charge in [0.05, 0.1) is 10.00 Å². The van der Waals surface area contributed by atoms with Gasteiger partial charge in [0.25, 0.3) is 5.91 Å². The number of benzene rings is 1. The summed E-state index contributed by atoms with van der Waals surface area (Å²) in [6.45, 7) is 0.0849. The number of carboxylic acid groups (broad SMARTS) is 1. The second kappa shape index (κ2) is 7.70. The Morgan fingerprint density at radius 3 is 2.46 bits per heavy atom. The Labute approximate surface area is 149 Å². The first-order chi connectivity index (χ1) is 11.6. The van der Waals surface area contributed by atoms with Crippen LogP contribution < -0.4 is 10.1 Å². The molecule has 0 radical (unpaired) electrons. The summed E-state index contributed by atoms with van der Waals surface area (Å²) < 4.78 is 5.97. The van der Waals surface area contributed by atoms with Gasteiger partial charge in [-0.2, -0.15) is 0 Å². The molecule has 1 aromatic carbocycles. The van der Waals surface area contributed by atoms with Crippen LogP contribution in [0.2, 0.25) is 0 Å². The predicted octanol–water partition coefficient (Wildman–Crippen LogP) is 2.92. The zero-order valence-electron chi connectivity index (χ0n) is 13.3. The highest BCUT2D eigenvalue weighted by atomic mass is 32.2. The largest absolute Gasteiger partial charge is 0.484 e. The van der Waals surface area contributed by atoms with Crippen LogP contribution in [0.3, 0.4) is 0 Å². The second-order valence-corrected chi connectivity index (χ2v) is 8.87. The maximum atomic E-state index is 11.8. The molecule has 24 heavy (non-hydrogen) atoms. The quantitative estimate of drug-likeness (QED) is 0.772. The van der Waals surface area contributed by atoms with Crippen molar-refractivity contribution in [1.29, 1.82) is 0 Å². The lowest BCUT2D eigenvalue weighted by Crippen LogP contribution is -2.36. The minimum absolute atomic E-state index is 0.0953. The molecule has 5 nitrogen and oxygen atoms in total. The smallest absolute Gasteiger partial charge is 0.311 e. The highest BCUT2D eigenvalue weighted by Crippen LogP contribution is 2.45. The van der Waals surface area contributed by atoms with Gasteiger partial charge >= 0.3 is 5.97 Å². The zero-order valence-corrected chi connectivity index (χ0v) is 15.0. The van der Waals surface area contributed by atoms with Gasteiger partial charge in [0.1, 0.15) is 5.75 Å². The van der Waals surface area contributed by atoms with Crippen LogP contribution in [0.5, 0.6) is 5.75 Å². The molecule has 1 aromatic rings. The van der Waals surface area contributed by atoms with E-state index in [-0.39, 0.29) is 19.1 Å². The maximum absolute atomic E-state index is 11.8. The Morgan fingerprint density at radius 2 is 1.88 bits per heavy atom. The molecule has 2 N–H and O–H groups in total. The number of aliphatic carboxylic acids is 1. The molecule has 0 atom stereocenters. The zero-order chi connectivity index (χ0) is 17.0. The normalized spacial score (nSPS) is 19.5. The SMILES string of the molecule is O=C(COc1ccc(C2SCCCS2)cc1)NCC1(C(=O)O)CC1. The molecule has 0 aromatic heterocycles. The van der Waals surface area contributed by atoms with E-state index in [1.165, 1.54) is 23.5 Å². The maximum Gasteiger partial charge on any atom is 0.311 e. The highest BCUT2D eigenvalue weighted by molar-refractivity contribution is 8.16. The number of amides is 1. The van der Waals surface area contributed by atoms with Gasteiger partial charge in [-0.15, -0.1) is 23.5 Å². The second-order valence-electron chi connectivity index (χ2n) is 6.15. The minimum Gasteiger partial charge on any atom is -0.484 e. The standard InChI is InChI=1S/C17H21NO4S2/c19-14(18-11-17(6-7-17)16(20)21)10-22-13-4-2-12(3-5-13)15-23-8-1-9-24-15/h2-5,15H,1,6-11H2,(H,18,19)(H,20,21). The highest BCUT2D eigenvalue weighted by Gasteiger charge is 2.50. The fourth-order valence-corrected chi connectivity index (χ4v) is 5.38. The molecule has 1 saturated heterocycles. The van der Waals surface area contributed by atoms with E-state index >= 15 is 0 Å². The molecule has 0 bridgehead atoms. The first-order valence-corrected chi connectivity index (χ1v) is 10.1. The number of carbonyl (C=O) groups excluding carboxylic acids is 1. The Hall–Kier alpha value is -1.34. The third kappa shape index (κ3) is 4.39. The summed E-state index contributed by atoms with van der Waals surface area (Å²) in [6.07, 6.45) is 2.52. The van der Waals surface area contributed by atoms with E-state index in [9.17, 15) is 9.59 Å². The van der Waals surface area contributed by atoms with Gasteiger partial charge in [-0.1, -0.05) is 12.1 Å². The number of hydrogen-bond donors (Lipinski definition) is 2. The molecule has 1 amide bonds. The average Bonchev–Trinajstić information content (AvgIpc) is 3.41. The third-order valence-electron chi connectivity index (χ3n) is 4.28. The van der Waals surface area contributed by atoms with E-state index < -0.39 is 11.4 Å². The van der Waals surface area contributed by atoms with E-state index in [2.05, 4.69) is 5.32 Å². The molecule has 1 aliphatic heterocycles. The van der Waals surface area contributed by atoms with Crippen molar-refractivity contribution in [2.45, 2.75) is 23.8 Å². The summed E-state index contributed by atoms with van der Waals surface area (Å²) in [4.78, 5) is 22.8. The minimum atomic E-state index is -0.835. The van der Waals surface area contributed by atoms with Crippen molar-refractivity contribution in [2.75, 3.05) is 24.7 Å². The summed E-state index contributed by atoms with van der Waals surface area (Å²) >= 11 is 3.94. The van der Waals surface area contributed by atoms with E-state index in [4.69, 9.17) is 9.84 Å². The molecule has 2 fully saturated rings. The van der Waals surface area contributed by atoms with Gasteiger partial charge in [0, 0.05) is 6.54 Å². The van der Waals surface area contributed by atoms with Crippen molar-refractivity contribution in [3.8, 4) is 5.75 Å². The van der Waals surface area contributed by atoms with Gasteiger partial charge < -0.3 is 15.2 Å². The van der Waals surface area contributed by atoms with Crippen LogP contribution in [0.1, 0.15) is 29.4 Å². The fraction of sp³-hybridized carbons (Fsp3) is 0.529. The van der Waals surface area contributed by atoms with Crippen LogP contribution in [0.4, 0.5) is 0 Å². The molecule has 7 heteroatoms. The number of carbonyl (C=O) groups is 2. The van der Waals surface area contributed by atoms with Crippen molar-refractivity contribution in [3.05, 3.63) is 29.8 Å². The fourth-order valence-electron chi connectivity index (χ4n) is 2.49. The molecular weight excluding hydrogens is 346 g/mol. The summed E-state index contributed by atoms with van der Waals surface area (Å²) in [6, 6.07) is 7.87. The van der Waals surface area contributed by atoms with Crippen LogP contribution in [0, 0.1) is 5.41 Å². The Balaban J connectivity index is 1.43. The van der Waals surface area contributed by atoms with Gasteiger partial charge in [0.2, 0.25) is 0 Å². The van der Waals surface area contributed by atoms with E-state index in [1.54, 1.807) is 0 Å².